The molecule has 0 aromatic rings. The second-order valence-corrected chi connectivity index (χ2v) is 7.02. The van der Waals surface area contributed by atoms with E-state index in [2.05, 4.69) is 10.2 Å². The number of likely N-dealkylation sites (tertiary alicyclic amines) is 1. The van der Waals surface area contributed by atoms with Crippen molar-refractivity contribution in [3.8, 4) is 0 Å². The molecule has 1 aliphatic heterocycles. The summed E-state index contributed by atoms with van der Waals surface area (Å²) in [6.07, 6.45) is 6.07. The summed E-state index contributed by atoms with van der Waals surface area (Å²) in [7, 11) is 0. The molecule has 0 unspecified atom stereocenters. The number of hydrogen-bond acceptors (Lipinski definition) is 3. The van der Waals surface area contributed by atoms with Crippen LogP contribution in [-0.4, -0.2) is 42.3 Å². The summed E-state index contributed by atoms with van der Waals surface area (Å²) in [5.74, 6) is 0.940. The zero-order valence-corrected chi connectivity index (χ0v) is 12.6. The van der Waals surface area contributed by atoms with E-state index in [4.69, 9.17) is 4.74 Å². The van der Waals surface area contributed by atoms with E-state index >= 15 is 0 Å². The number of carbonyl (C=O) groups excluding carboxylic acids is 1. The van der Waals surface area contributed by atoms with E-state index in [1.54, 1.807) is 0 Å². The van der Waals surface area contributed by atoms with Crippen LogP contribution in [0.2, 0.25) is 0 Å². The van der Waals surface area contributed by atoms with Gasteiger partial charge in [0.2, 0.25) is 0 Å². The molecule has 0 aromatic carbocycles. The molecule has 4 heteroatoms. The smallest absolute Gasteiger partial charge is 0.407 e. The number of amides is 1. The first-order valence-corrected chi connectivity index (χ1v) is 7.64. The van der Waals surface area contributed by atoms with E-state index < -0.39 is 5.60 Å². The topological polar surface area (TPSA) is 41.6 Å². The number of nitrogens with zero attached hydrogens (tertiary/aromatic N) is 1. The Kier molecular flexibility index (Phi) is 4.71. The molecule has 0 atom stereocenters. The Morgan fingerprint density at radius 1 is 1.21 bits per heavy atom. The maximum Gasteiger partial charge on any atom is 0.407 e. The zero-order chi connectivity index (χ0) is 13.9. The van der Waals surface area contributed by atoms with E-state index in [0.717, 1.165) is 31.8 Å². The van der Waals surface area contributed by atoms with Crippen molar-refractivity contribution in [3.05, 3.63) is 0 Å². The highest BCUT2D eigenvalue weighted by atomic mass is 16.6. The normalized spacial score (nSPS) is 22.9. The quantitative estimate of drug-likeness (QED) is 0.855. The number of alkyl carbamates (subject to hydrolysis) is 1. The van der Waals surface area contributed by atoms with Gasteiger partial charge < -0.3 is 15.0 Å². The molecule has 2 aliphatic rings. The maximum atomic E-state index is 11.7. The lowest BCUT2D eigenvalue weighted by Crippen LogP contribution is -2.47. The molecule has 0 radical (unpaired) electrons. The Labute approximate surface area is 116 Å². The van der Waals surface area contributed by atoms with Crippen LogP contribution in [0.3, 0.4) is 0 Å². The Balaban J connectivity index is 1.64. The molecule has 1 saturated carbocycles. The molecule has 2 fully saturated rings. The lowest BCUT2D eigenvalue weighted by molar-refractivity contribution is 0.0471. The summed E-state index contributed by atoms with van der Waals surface area (Å²) in [5, 5.41) is 2.99. The average molecular weight is 268 g/mol. The Morgan fingerprint density at radius 2 is 1.84 bits per heavy atom. The third-order valence-electron chi connectivity index (χ3n) is 4.05. The predicted octanol–water partition coefficient (Wildman–Crippen LogP) is 2.78. The van der Waals surface area contributed by atoms with Crippen LogP contribution in [0.25, 0.3) is 0 Å². The van der Waals surface area contributed by atoms with Crippen LogP contribution in [-0.2, 0) is 4.74 Å². The monoisotopic (exact) mass is 268 g/mol. The summed E-state index contributed by atoms with van der Waals surface area (Å²) in [4.78, 5) is 14.2. The highest BCUT2D eigenvalue weighted by Crippen LogP contribution is 2.28. The summed E-state index contributed by atoms with van der Waals surface area (Å²) in [6, 6.07) is 0.285. The molecule has 1 saturated heterocycles. The van der Waals surface area contributed by atoms with Gasteiger partial charge in [-0.2, -0.15) is 0 Å². The molecule has 2 rings (SSSR count). The molecule has 1 heterocycles. The van der Waals surface area contributed by atoms with E-state index in [-0.39, 0.29) is 12.1 Å². The molecular weight excluding hydrogens is 240 g/mol. The number of rotatable bonds is 3. The number of piperidine rings is 1. The largest absolute Gasteiger partial charge is 0.444 e. The fourth-order valence-electron chi connectivity index (χ4n) is 2.77. The fraction of sp³-hybridized carbons (Fsp3) is 0.933. The van der Waals surface area contributed by atoms with Crippen LogP contribution >= 0.6 is 0 Å². The van der Waals surface area contributed by atoms with Crippen LogP contribution in [0.1, 0.15) is 52.9 Å². The molecule has 1 amide bonds. The second kappa shape index (κ2) is 6.12. The summed E-state index contributed by atoms with van der Waals surface area (Å²) < 4.78 is 5.29. The number of nitrogens with one attached hydrogen (secondary N) is 1. The first-order valence-electron chi connectivity index (χ1n) is 7.64. The standard InChI is InChI=1S/C15H28N2O2/c1-15(2,3)19-14(18)16-13-7-9-17(10-8-13)11-12-5-4-6-12/h12-13H,4-11H2,1-3H3,(H,16,18). The van der Waals surface area contributed by atoms with Gasteiger partial charge in [-0.3, -0.25) is 0 Å². The highest BCUT2D eigenvalue weighted by molar-refractivity contribution is 5.68. The Morgan fingerprint density at radius 3 is 2.32 bits per heavy atom. The third kappa shape index (κ3) is 5.01. The van der Waals surface area contributed by atoms with Crippen LogP contribution in [0.4, 0.5) is 4.79 Å². The first kappa shape index (κ1) is 14.6. The van der Waals surface area contributed by atoms with Crippen molar-refractivity contribution >= 4 is 6.09 Å². The van der Waals surface area contributed by atoms with Crippen molar-refractivity contribution < 1.29 is 9.53 Å². The van der Waals surface area contributed by atoms with Crippen molar-refractivity contribution in [2.75, 3.05) is 19.6 Å². The van der Waals surface area contributed by atoms with Crippen LogP contribution in [0.5, 0.6) is 0 Å². The fourth-order valence-corrected chi connectivity index (χ4v) is 2.77. The Bertz CT molecular complexity index is 300. The summed E-state index contributed by atoms with van der Waals surface area (Å²) in [6.45, 7) is 9.17. The van der Waals surface area contributed by atoms with Gasteiger partial charge in [0.1, 0.15) is 5.60 Å². The van der Waals surface area contributed by atoms with Crippen LogP contribution in [0.15, 0.2) is 0 Å². The van der Waals surface area contributed by atoms with E-state index in [9.17, 15) is 4.79 Å². The number of ether oxygens (including phenoxy) is 1. The van der Waals surface area contributed by atoms with E-state index in [1.807, 2.05) is 20.8 Å². The second-order valence-electron chi connectivity index (χ2n) is 7.02. The molecule has 1 N–H and O–H groups in total. The maximum absolute atomic E-state index is 11.7. The molecule has 4 nitrogen and oxygen atoms in total. The molecule has 110 valence electrons. The van der Waals surface area contributed by atoms with E-state index in [1.165, 1.54) is 25.8 Å². The SMILES string of the molecule is CC(C)(C)OC(=O)NC1CCN(CC2CCC2)CC1. The van der Waals surface area contributed by atoms with Crippen molar-refractivity contribution in [3.63, 3.8) is 0 Å². The van der Waals surface area contributed by atoms with Crippen molar-refractivity contribution in [1.82, 2.24) is 10.2 Å². The van der Waals surface area contributed by atoms with Gasteiger partial charge in [0.15, 0.2) is 0 Å². The van der Waals surface area contributed by atoms with Gasteiger partial charge in [-0.25, -0.2) is 4.79 Å². The average Bonchev–Trinajstić information content (AvgIpc) is 2.23. The predicted molar refractivity (Wildman–Crippen MR) is 76.2 cm³/mol. The van der Waals surface area contributed by atoms with Gasteiger partial charge in [0, 0.05) is 25.7 Å². The Hall–Kier alpha value is -0.770. The van der Waals surface area contributed by atoms with Gasteiger partial charge in [0.25, 0.3) is 0 Å². The number of carbonyl (C=O) groups is 1. The molecule has 0 aromatic heterocycles. The molecule has 0 bridgehead atoms. The minimum Gasteiger partial charge on any atom is -0.444 e. The van der Waals surface area contributed by atoms with E-state index in [0.29, 0.717) is 0 Å². The molecule has 19 heavy (non-hydrogen) atoms. The van der Waals surface area contributed by atoms with Gasteiger partial charge in [-0.15, -0.1) is 0 Å². The minimum absolute atomic E-state index is 0.273. The van der Waals surface area contributed by atoms with Crippen molar-refractivity contribution in [1.29, 1.82) is 0 Å². The highest BCUT2D eigenvalue weighted by Gasteiger charge is 2.26. The molecule has 1 aliphatic carbocycles. The minimum atomic E-state index is -0.408. The number of hydrogen-bond donors (Lipinski definition) is 1. The third-order valence-corrected chi connectivity index (χ3v) is 4.05. The summed E-state index contributed by atoms with van der Waals surface area (Å²) in [5.41, 5.74) is -0.408. The molecule has 0 spiro atoms. The van der Waals surface area contributed by atoms with Gasteiger partial charge in [-0.1, -0.05) is 6.42 Å². The van der Waals surface area contributed by atoms with Gasteiger partial charge in [0.05, 0.1) is 0 Å². The summed E-state index contributed by atoms with van der Waals surface area (Å²) >= 11 is 0. The van der Waals surface area contributed by atoms with Crippen molar-refractivity contribution in [2.24, 2.45) is 5.92 Å². The van der Waals surface area contributed by atoms with Gasteiger partial charge >= 0.3 is 6.09 Å². The molecular formula is C15H28N2O2. The lowest BCUT2D eigenvalue weighted by atomic mass is 9.84. The lowest BCUT2D eigenvalue weighted by Gasteiger charge is -2.37. The van der Waals surface area contributed by atoms with Crippen LogP contribution in [0, 0.1) is 5.92 Å². The zero-order valence-electron chi connectivity index (χ0n) is 12.6. The van der Waals surface area contributed by atoms with Crippen molar-refractivity contribution in [2.45, 2.75) is 64.5 Å². The van der Waals surface area contributed by atoms with Crippen LogP contribution < -0.4 is 5.32 Å². The van der Waals surface area contributed by atoms with Gasteiger partial charge in [-0.05, 0) is 52.4 Å². The first-order chi connectivity index (χ1) is 8.92.